The van der Waals surface area contributed by atoms with Crippen molar-refractivity contribution in [2.75, 3.05) is 51.8 Å². The Hall–Kier alpha value is -4.26. The van der Waals surface area contributed by atoms with Crippen molar-refractivity contribution in [2.24, 2.45) is 5.41 Å². The predicted octanol–water partition coefficient (Wildman–Crippen LogP) is 3.51. The summed E-state index contributed by atoms with van der Waals surface area (Å²) in [6.07, 6.45) is 4.35. The zero-order valence-corrected chi connectivity index (χ0v) is 23.6. The van der Waals surface area contributed by atoms with E-state index in [0.717, 1.165) is 18.7 Å². The average Bonchev–Trinajstić information content (AvgIpc) is 3.47. The fourth-order valence-electron chi connectivity index (χ4n) is 5.05. The number of H-pyrrole nitrogens is 1. The first-order valence-corrected chi connectivity index (χ1v) is 13.9. The highest BCUT2D eigenvalue weighted by Gasteiger charge is 2.43. The van der Waals surface area contributed by atoms with Crippen molar-refractivity contribution in [3.8, 4) is 22.6 Å². The Labute approximate surface area is 243 Å². The number of imidazole rings is 1. The van der Waals surface area contributed by atoms with E-state index in [9.17, 15) is 9.18 Å². The normalized spacial score (nSPS) is 21.3. The lowest BCUT2D eigenvalue weighted by Gasteiger charge is -2.41. The van der Waals surface area contributed by atoms with Crippen LogP contribution < -0.4 is 5.32 Å². The first-order chi connectivity index (χ1) is 20.4. The average molecular weight is 573 g/mol. The monoisotopic (exact) mass is 572 g/mol. The van der Waals surface area contributed by atoms with Gasteiger partial charge in [-0.3, -0.25) is 9.78 Å². The summed E-state index contributed by atoms with van der Waals surface area (Å²) in [6.45, 7) is 5.84. The molecule has 2 fully saturated rings. The van der Waals surface area contributed by atoms with Crippen LogP contribution in [-0.2, 0) is 20.8 Å². The van der Waals surface area contributed by atoms with Crippen LogP contribution in [0.4, 0.5) is 10.3 Å². The highest BCUT2D eigenvalue weighted by atomic mass is 19.1. The molecule has 4 aromatic rings. The lowest BCUT2D eigenvalue weighted by Crippen LogP contribution is -2.55. The molecule has 2 N–H and O–H groups in total. The van der Waals surface area contributed by atoms with Gasteiger partial charge in [-0.15, -0.1) is 0 Å². The lowest BCUT2D eigenvalue weighted by atomic mass is 9.90. The molecule has 2 saturated heterocycles. The van der Waals surface area contributed by atoms with E-state index in [1.807, 2.05) is 24.0 Å². The fourth-order valence-corrected chi connectivity index (χ4v) is 5.05. The van der Waals surface area contributed by atoms with E-state index in [1.54, 1.807) is 36.8 Å². The molecule has 0 spiro atoms. The maximum atomic E-state index is 13.8. The molecular weight excluding hydrogens is 539 g/mol. The fraction of sp³-hybridized carbons (Fsp3) is 0.367. The summed E-state index contributed by atoms with van der Waals surface area (Å²) < 4.78 is 26.0. The Bertz CT molecular complexity index is 1520. The van der Waals surface area contributed by atoms with Crippen LogP contribution in [0.3, 0.4) is 0 Å². The highest BCUT2D eigenvalue weighted by Crippen LogP contribution is 2.36. The molecule has 6 rings (SSSR count). The van der Waals surface area contributed by atoms with Crippen LogP contribution in [0, 0.1) is 11.2 Å². The van der Waals surface area contributed by atoms with Gasteiger partial charge in [0, 0.05) is 56.9 Å². The van der Waals surface area contributed by atoms with Crippen molar-refractivity contribution in [1.82, 2.24) is 34.7 Å². The van der Waals surface area contributed by atoms with E-state index >= 15 is 0 Å². The smallest absolute Gasteiger partial charge is 0.233 e. The van der Waals surface area contributed by atoms with Gasteiger partial charge < -0.3 is 29.6 Å². The number of benzene rings is 1. The minimum atomic E-state index is -0.809. The topological polar surface area (TPSA) is 121 Å². The van der Waals surface area contributed by atoms with Crippen molar-refractivity contribution in [1.29, 1.82) is 0 Å². The van der Waals surface area contributed by atoms with Crippen LogP contribution in [0.25, 0.3) is 22.6 Å². The molecule has 0 atom stereocenters. The van der Waals surface area contributed by atoms with Crippen molar-refractivity contribution in [3.63, 3.8) is 0 Å². The summed E-state index contributed by atoms with van der Waals surface area (Å²) in [7, 11) is 2.06. The molecule has 1 amide bonds. The Morgan fingerprint density at radius 2 is 1.83 bits per heavy atom. The number of carbonyl (C=O) groups is 1. The number of rotatable bonds is 7. The molecule has 0 bridgehead atoms. The maximum Gasteiger partial charge on any atom is 0.233 e. The minimum absolute atomic E-state index is 0.0356. The molecule has 42 heavy (non-hydrogen) atoms. The molecule has 1 aromatic carbocycles. The number of carbonyl (C=O) groups excluding carboxylic acids is 1. The molecule has 0 radical (unpaired) electrons. The van der Waals surface area contributed by atoms with Gasteiger partial charge in [0.05, 0.1) is 35.7 Å². The van der Waals surface area contributed by atoms with E-state index in [0.29, 0.717) is 54.1 Å². The Morgan fingerprint density at radius 1 is 1.07 bits per heavy atom. The quantitative estimate of drug-likeness (QED) is 0.343. The lowest BCUT2D eigenvalue weighted by molar-refractivity contribution is -0.234. The van der Waals surface area contributed by atoms with Crippen molar-refractivity contribution in [2.45, 2.75) is 19.8 Å². The summed E-state index contributed by atoms with van der Waals surface area (Å²) in [6, 6.07) is 11.7. The number of likely N-dealkylation sites (N-methyl/N-ethyl adjacent to an activating group) is 1. The van der Waals surface area contributed by atoms with Crippen LogP contribution in [0.1, 0.15) is 24.6 Å². The van der Waals surface area contributed by atoms with E-state index in [2.05, 4.69) is 32.2 Å². The molecule has 3 aromatic heterocycles. The third-order valence-electron chi connectivity index (χ3n) is 7.56. The molecule has 218 valence electrons. The second-order valence-electron chi connectivity index (χ2n) is 10.9. The largest absolute Gasteiger partial charge is 0.350 e. The van der Waals surface area contributed by atoms with Gasteiger partial charge in [-0.2, -0.15) is 0 Å². The highest BCUT2D eigenvalue weighted by molar-refractivity contribution is 5.83. The number of halogens is 1. The van der Waals surface area contributed by atoms with Crippen molar-refractivity contribution in [3.05, 3.63) is 78.3 Å². The van der Waals surface area contributed by atoms with Crippen LogP contribution in [0.5, 0.6) is 0 Å². The predicted molar refractivity (Wildman–Crippen MR) is 153 cm³/mol. The standard InChI is InChI=1S/C30H33FN8O3/c1-30(28(40)39-14-12-38(2)13-15-39)18-41-27(42-19-30)26-36-24(21-5-7-22(31)8-6-21)25(37-26)23-9-11-33-29(35-23)34-17-20-4-3-10-32-16-20/h3-11,16,27H,12-15,17-19H2,1-2H3,(H,36,37)(H,33,34,35). The Kier molecular flexibility index (Phi) is 7.92. The minimum Gasteiger partial charge on any atom is -0.350 e. The number of pyridine rings is 1. The summed E-state index contributed by atoms with van der Waals surface area (Å²) in [5.74, 6) is 0.555. The number of hydrogen-bond acceptors (Lipinski definition) is 9. The second kappa shape index (κ2) is 11.9. The molecule has 2 aliphatic heterocycles. The summed E-state index contributed by atoms with van der Waals surface area (Å²) in [5.41, 5.74) is 2.66. The molecule has 5 heterocycles. The number of nitrogens with zero attached hydrogens (tertiary/aromatic N) is 6. The molecule has 2 aliphatic rings. The number of ether oxygens (including phenoxy) is 2. The molecule has 0 aliphatic carbocycles. The number of anilines is 1. The summed E-state index contributed by atoms with van der Waals surface area (Å²) in [4.78, 5) is 38.7. The van der Waals surface area contributed by atoms with Crippen molar-refractivity contribution >= 4 is 11.9 Å². The molecular formula is C30H33FN8O3. The number of nitrogens with one attached hydrogen (secondary N) is 2. The van der Waals surface area contributed by atoms with Gasteiger partial charge >= 0.3 is 0 Å². The number of aromatic nitrogens is 5. The van der Waals surface area contributed by atoms with Crippen LogP contribution in [0.2, 0.25) is 0 Å². The summed E-state index contributed by atoms with van der Waals surface area (Å²) in [5, 5.41) is 3.22. The van der Waals surface area contributed by atoms with E-state index < -0.39 is 11.7 Å². The van der Waals surface area contributed by atoms with E-state index in [4.69, 9.17) is 19.4 Å². The first kappa shape index (κ1) is 27.9. The van der Waals surface area contributed by atoms with Gasteiger partial charge in [-0.05, 0) is 55.9 Å². The Balaban J connectivity index is 1.23. The first-order valence-electron chi connectivity index (χ1n) is 13.9. The van der Waals surface area contributed by atoms with Crippen LogP contribution in [-0.4, -0.2) is 87.1 Å². The van der Waals surface area contributed by atoms with E-state index in [-0.39, 0.29) is 24.9 Å². The summed E-state index contributed by atoms with van der Waals surface area (Å²) >= 11 is 0. The number of amides is 1. The van der Waals surface area contributed by atoms with Crippen LogP contribution >= 0.6 is 0 Å². The van der Waals surface area contributed by atoms with Gasteiger partial charge in [-0.1, -0.05) is 6.07 Å². The SMILES string of the molecule is CN1CCN(C(=O)C2(C)COC(c3nc(-c4ccc(F)cc4)c(-c4ccnc(NCc5cccnc5)n4)[nH]3)OC2)CC1. The zero-order valence-electron chi connectivity index (χ0n) is 23.6. The zero-order chi connectivity index (χ0) is 29.1. The van der Waals surface area contributed by atoms with Crippen molar-refractivity contribution < 1.29 is 18.7 Å². The van der Waals surface area contributed by atoms with Gasteiger partial charge in [0.15, 0.2) is 5.82 Å². The van der Waals surface area contributed by atoms with E-state index in [1.165, 1.54) is 12.1 Å². The van der Waals surface area contributed by atoms with Gasteiger partial charge in [0.2, 0.25) is 18.1 Å². The second-order valence-corrected chi connectivity index (χ2v) is 10.9. The van der Waals surface area contributed by atoms with Crippen LogP contribution in [0.15, 0.2) is 61.1 Å². The third kappa shape index (κ3) is 6.01. The van der Waals surface area contributed by atoms with Gasteiger partial charge in [0.1, 0.15) is 5.82 Å². The number of piperazine rings is 1. The Morgan fingerprint density at radius 3 is 2.55 bits per heavy atom. The number of hydrogen-bond donors (Lipinski definition) is 2. The molecule has 11 nitrogen and oxygen atoms in total. The third-order valence-corrected chi connectivity index (χ3v) is 7.56. The van der Waals surface area contributed by atoms with Gasteiger partial charge in [-0.25, -0.2) is 19.3 Å². The molecule has 0 saturated carbocycles. The number of aromatic amines is 1. The molecule has 0 unspecified atom stereocenters. The van der Waals surface area contributed by atoms with Gasteiger partial charge in [0.25, 0.3) is 0 Å². The molecule has 12 heteroatoms. The maximum absolute atomic E-state index is 13.8.